The third-order valence-electron chi connectivity index (χ3n) is 2.54. The molecule has 2 N–H and O–H groups in total. The van der Waals surface area contributed by atoms with Crippen molar-refractivity contribution in [1.29, 1.82) is 0 Å². The van der Waals surface area contributed by atoms with Gasteiger partial charge in [0.15, 0.2) is 0 Å². The Balaban J connectivity index is 2.34. The molecule has 0 bridgehead atoms. The molecule has 0 unspecified atom stereocenters. The lowest BCUT2D eigenvalue weighted by Crippen LogP contribution is -2.20. The van der Waals surface area contributed by atoms with E-state index in [0.29, 0.717) is 12.0 Å². The first-order valence-corrected chi connectivity index (χ1v) is 5.50. The fourth-order valence-electron chi connectivity index (χ4n) is 1.92. The monoisotopic (exact) mass is 182 g/mol. The second-order valence-electron chi connectivity index (χ2n) is 4.51. The molecular weight excluding hydrogens is 160 g/mol. The number of rotatable bonds is 3. The van der Waals surface area contributed by atoms with E-state index in [2.05, 4.69) is 18.8 Å². The highest BCUT2D eigenvalue weighted by Crippen LogP contribution is 2.20. The number of hydrogen-bond acceptors (Lipinski definition) is 1. The lowest BCUT2D eigenvalue weighted by molar-refractivity contribution is 0.442. The van der Waals surface area contributed by atoms with Crippen molar-refractivity contribution in [3.63, 3.8) is 0 Å². The molecule has 13 heavy (non-hydrogen) atoms. The molecule has 76 valence electrons. The van der Waals surface area contributed by atoms with Crippen molar-refractivity contribution in [3.05, 3.63) is 0 Å². The van der Waals surface area contributed by atoms with Gasteiger partial charge in [0.1, 0.15) is 0 Å². The van der Waals surface area contributed by atoms with Gasteiger partial charge in [-0.15, -0.1) is 0 Å². The van der Waals surface area contributed by atoms with E-state index in [9.17, 15) is 0 Å². The van der Waals surface area contributed by atoms with E-state index >= 15 is 0 Å². The summed E-state index contributed by atoms with van der Waals surface area (Å²) >= 11 is 0. The van der Waals surface area contributed by atoms with Gasteiger partial charge in [-0.05, 0) is 18.8 Å². The van der Waals surface area contributed by atoms with Crippen molar-refractivity contribution >= 4 is 5.84 Å². The molecule has 1 rings (SSSR count). The summed E-state index contributed by atoms with van der Waals surface area (Å²) in [5.74, 6) is 1.49. The van der Waals surface area contributed by atoms with Gasteiger partial charge in [0.05, 0.1) is 11.9 Å². The van der Waals surface area contributed by atoms with Gasteiger partial charge in [-0.2, -0.15) is 0 Å². The molecule has 0 atom stereocenters. The van der Waals surface area contributed by atoms with Gasteiger partial charge in [-0.1, -0.05) is 33.1 Å². The highest BCUT2D eigenvalue weighted by molar-refractivity contribution is 5.80. The smallest absolute Gasteiger partial charge is 0.0943 e. The molecule has 1 aliphatic carbocycles. The summed E-state index contributed by atoms with van der Waals surface area (Å²) in [5.41, 5.74) is 5.86. The largest absolute Gasteiger partial charge is 0.387 e. The number of nitrogens with two attached hydrogens (primary N) is 1. The molecule has 0 saturated heterocycles. The molecule has 0 amide bonds. The molecule has 0 aromatic heterocycles. The van der Waals surface area contributed by atoms with E-state index in [1.54, 1.807) is 0 Å². The average Bonchev–Trinajstić information content (AvgIpc) is 2.04. The molecule has 2 nitrogen and oxygen atoms in total. The van der Waals surface area contributed by atoms with Crippen LogP contribution in [0.1, 0.15) is 52.4 Å². The second-order valence-corrected chi connectivity index (χ2v) is 4.51. The molecule has 0 aliphatic heterocycles. The van der Waals surface area contributed by atoms with Gasteiger partial charge >= 0.3 is 0 Å². The Bertz CT molecular complexity index is 167. The summed E-state index contributed by atoms with van der Waals surface area (Å²) in [5, 5.41) is 0. The minimum absolute atomic E-state index is 0.535. The van der Waals surface area contributed by atoms with Crippen LogP contribution in [0.25, 0.3) is 0 Å². The van der Waals surface area contributed by atoms with Crippen molar-refractivity contribution in [2.45, 2.75) is 58.4 Å². The Kier molecular flexibility index (Phi) is 4.26. The maximum Gasteiger partial charge on any atom is 0.0943 e. The van der Waals surface area contributed by atoms with E-state index < -0.39 is 0 Å². The third-order valence-corrected chi connectivity index (χ3v) is 2.54. The van der Waals surface area contributed by atoms with Crippen molar-refractivity contribution in [3.8, 4) is 0 Å². The first kappa shape index (κ1) is 10.6. The van der Waals surface area contributed by atoms with E-state index in [1.807, 2.05) is 0 Å². The van der Waals surface area contributed by atoms with Gasteiger partial charge in [0, 0.05) is 6.42 Å². The summed E-state index contributed by atoms with van der Waals surface area (Å²) in [4.78, 5) is 4.57. The minimum atomic E-state index is 0.535. The molecule has 0 radical (unpaired) electrons. The van der Waals surface area contributed by atoms with Gasteiger partial charge in [-0.25, -0.2) is 0 Å². The Morgan fingerprint density at radius 2 is 1.92 bits per heavy atom. The topological polar surface area (TPSA) is 38.4 Å². The number of nitrogens with zero attached hydrogens (tertiary/aromatic N) is 1. The molecule has 0 heterocycles. The standard InChI is InChI=1S/C11H22N2/c1-9(2)8-11(12)13-10-6-4-3-5-7-10/h9-10H,3-8H2,1-2H3,(H2,12,13). The minimum Gasteiger partial charge on any atom is -0.387 e. The van der Waals surface area contributed by atoms with Gasteiger partial charge in [0.25, 0.3) is 0 Å². The normalized spacial score (nSPS) is 21.0. The van der Waals surface area contributed by atoms with Crippen molar-refractivity contribution in [2.24, 2.45) is 16.6 Å². The van der Waals surface area contributed by atoms with Gasteiger partial charge in [-0.3, -0.25) is 4.99 Å². The predicted octanol–water partition coefficient (Wildman–Crippen LogP) is 2.72. The van der Waals surface area contributed by atoms with Crippen molar-refractivity contribution in [2.75, 3.05) is 0 Å². The number of hydrogen-bond donors (Lipinski definition) is 1. The zero-order chi connectivity index (χ0) is 9.68. The van der Waals surface area contributed by atoms with Crippen LogP contribution < -0.4 is 5.73 Å². The molecule has 0 aromatic rings. The van der Waals surface area contributed by atoms with Crippen LogP contribution in [-0.4, -0.2) is 11.9 Å². The number of amidine groups is 1. The number of aliphatic imine (C=N–C) groups is 1. The average molecular weight is 182 g/mol. The van der Waals surface area contributed by atoms with Crippen LogP contribution in [0.2, 0.25) is 0 Å². The summed E-state index contributed by atoms with van der Waals surface area (Å²) < 4.78 is 0. The van der Waals surface area contributed by atoms with Crippen LogP contribution in [-0.2, 0) is 0 Å². The quantitative estimate of drug-likeness (QED) is 0.529. The molecule has 1 aliphatic rings. The highest BCUT2D eigenvalue weighted by atomic mass is 14.9. The van der Waals surface area contributed by atoms with Crippen LogP contribution in [0, 0.1) is 5.92 Å². The van der Waals surface area contributed by atoms with Crippen LogP contribution in [0.3, 0.4) is 0 Å². The molecule has 0 spiro atoms. The Morgan fingerprint density at radius 1 is 1.31 bits per heavy atom. The maximum absolute atomic E-state index is 5.86. The van der Waals surface area contributed by atoms with Crippen molar-refractivity contribution in [1.82, 2.24) is 0 Å². The lowest BCUT2D eigenvalue weighted by atomic mass is 9.96. The molecule has 0 aromatic carbocycles. The fourth-order valence-corrected chi connectivity index (χ4v) is 1.92. The Morgan fingerprint density at radius 3 is 2.46 bits per heavy atom. The highest BCUT2D eigenvalue weighted by Gasteiger charge is 2.12. The second kappa shape index (κ2) is 5.25. The van der Waals surface area contributed by atoms with E-state index in [-0.39, 0.29) is 0 Å². The zero-order valence-electron chi connectivity index (χ0n) is 8.92. The van der Waals surface area contributed by atoms with E-state index in [4.69, 9.17) is 5.73 Å². The first-order valence-electron chi connectivity index (χ1n) is 5.50. The summed E-state index contributed by atoms with van der Waals surface area (Å²) in [6.45, 7) is 4.37. The third kappa shape index (κ3) is 4.30. The maximum atomic E-state index is 5.86. The fraction of sp³-hybridized carbons (Fsp3) is 0.909. The van der Waals surface area contributed by atoms with Crippen LogP contribution in [0.5, 0.6) is 0 Å². The summed E-state index contributed by atoms with van der Waals surface area (Å²) in [6, 6.07) is 0.535. The lowest BCUT2D eigenvalue weighted by Gasteiger charge is -2.18. The Labute approximate surface area is 81.6 Å². The van der Waals surface area contributed by atoms with E-state index in [0.717, 1.165) is 12.3 Å². The molecule has 1 fully saturated rings. The summed E-state index contributed by atoms with van der Waals surface area (Å²) in [6.07, 6.45) is 7.51. The summed E-state index contributed by atoms with van der Waals surface area (Å²) in [7, 11) is 0. The SMILES string of the molecule is CC(C)CC(N)=NC1CCCCC1. The van der Waals surface area contributed by atoms with Crippen molar-refractivity contribution < 1.29 is 0 Å². The molecule has 2 heteroatoms. The van der Waals surface area contributed by atoms with Gasteiger partial charge in [0.2, 0.25) is 0 Å². The molecule has 1 saturated carbocycles. The Hall–Kier alpha value is -0.530. The van der Waals surface area contributed by atoms with Crippen LogP contribution in [0.4, 0.5) is 0 Å². The van der Waals surface area contributed by atoms with Crippen LogP contribution in [0.15, 0.2) is 4.99 Å². The van der Waals surface area contributed by atoms with Gasteiger partial charge < -0.3 is 5.73 Å². The molecular formula is C11H22N2. The first-order chi connectivity index (χ1) is 6.18. The predicted molar refractivity (Wildman–Crippen MR) is 58.0 cm³/mol. The zero-order valence-corrected chi connectivity index (χ0v) is 8.92. The van der Waals surface area contributed by atoms with E-state index in [1.165, 1.54) is 32.1 Å². The van der Waals surface area contributed by atoms with Crippen LogP contribution >= 0.6 is 0 Å².